The van der Waals surface area contributed by atoms with E-state index in [9.17, 15) is 0 Å². The Labute approximate surface area is 112 Å². The van der Waals surface area contributed by atoms with E-state index in [1.165, 1.54) is 23.4 Å². The Morgan fingerprint density at radius 3 is 2.89 bits per heavy atom. The quantitative estimate of drug-likeness (QED) is 0.911. The zero-order chi connectivity index (χ0) is 12.8. The molecule has 4 nitrogen and oxygen atoms in total. The van der Waals surface area contributed by atoms with Crippen molar-refractivity contribution >= 4 is 16.5 Å². The number of morpholine rings is 1. The fourth-order valence-electron chi connectivity index (χ4n) is 2.50. The van der Waals surface area contributed by atoms with Crippen molar-refractivity contribution in [3.8, 4) is 0 Å². The van der Waals surface area contributed by atoms with Gasteiger partial charge in [0.15, 0.2) is 5.13 Å². The highest BCUT2D eigenvalue weighted by molar-refractivity contribution is 7.15. The van der Waals surface area contributed by atoms with Gasteiger partial charge in [-0.3, -0.25) is 0 Å². The average molecular weight is 267 g/mol. The molecule has 0 aromatic carbocycles. The molecule has 2 N–H and O–H groups in total. The minimum Gasteiger partial charge on any atom is -0.377 e. The van der Waals surface area contributed by atoms with Gasteiger partial charge in [0.05, 0.1) is 24.4 Å². The lowest BCUT2D eigenvalue weighted by Gasteiger charge is -2.42. The summed E-state index contributed by atoms with van der Waals surface area (Å²) in [7, 11) is 0. The summed E-state index contributed by atoms with van der Waals surface area (Å²) in [6.45, 7) is 7.53. The molecule has 2 fully saturated rings. The fourth-order valence-corrected chi connectivity index (χ4v) is 3.71. The maximum atomic E-state index is 5.85. The van der Waals surface area contributed by atoms with Crippen LogP contribution in [-0.4, -0.2) is 30.3 Å². The first-order chi connectivity index (χ1) is 8.62. The topological polar surface area (TPSA) is 51.4 Å². The maximum Gasteiger partial charge on any atom is 0.186 e. The lowest BCUT2D eigenvalue weighted by atomic mass is 10.0. The minimum atomic E-state index is 0.0305. The Morgan fingerprint density at radius 1 is 1.50 bits per heavy atom. The first kappa shape index (κ1) is 12.4. The molecule has 0 spiro atoms. The van der Waals surface area contributed by atoms with Crippen molar-refractivity contribution in [2.24, 2.45) is 5.73 Å². The number of thiazole rings is 1. The molecule has 0 unspecified atom stereocenters. The van der Waals surface area contributed by atoms with Gasteiger partial charge in [-0.15, -0.1) is 11.3 Å². The number of aromatic nitrogens is 1. The molecule has 1 aliphatic carbocycles. The first-order valence-corrected chi connectivity index (χ1v) is 7.48. The van der Waals surface area contributed by atoms with Gasteiger partial charge in [-0.05, 0) is 26.7 Å². The highest BCUT2D eigenvalue weighted by atomic mass is 32.1. The zero-order valence-electron chi connectivity index (χ0n) is 11.1. The van der Waals surface area contributed by atoms with E-state index in [0.717, 1.165) is 24.9 Å². The lowest BCUT2D eigenvalue weighted by Crippen LogP contribution is -2.53. The normalized spacial score (nSPS) is 23.4. The second kappa shape index (κ2) is 4.47. The Balaban J connectivity index is 1.91. The predicted molar refractivity (Wildman–Crippen MR) is 74.2 cm³/mol. The van der Waals surface area contributed by atoms with Crippen LogP contribution in [-0.2, 0) is 11.3 Å². The molecule has 0 amide bonds. The van der Waals surface area contributed by atoms with Crippen molar-refractivity contribution in [2.45, 2.75) is 44.7 Å². The van der Waals surface area contributed by atoms with Crippen LogP contribution >= 0.6 is 11.3 Å². The van der Waals surface area contributed by atoms with Gasteiger partial charge in [-0.2, -0.15) is 0 Å². The summed E-state index contributed by atoms with van der Waals surface area (Å²) >= 11 is 1.77. The molecular formula is C13H21N3OS. The van der Waals surface area contributed by atoms with Crippen LogP contribution < -0.4 is 10.6 Å². The van der Waals surface area contributed by atoms with Crippen LogP contribution in [0.25, 0.3) is 0 Å². The van der Waals surface area contributed by atoms with E-state index >= 15 is 0 Å². The van der Waals surface area contributed by atoms with Crippen molar-refractivity contribution in [1.82, 2.24) is 4.98 Å². The molecule has 0 bridgehead atoms. The molecule has 100 valence electrons. The molecule has 0 radical (unpaired) electrons. The SMILES string of the molecule is CC1(C)COCCN1c1nc(C2CC2)c(CN)s1. The number of nitrogens with zero attached hydrogens (tertiary/aromatic N) is 2. The smallest absolute Gasteiger partial charge is 0.186 e. The molecule has 1 saturated carbocycles. The highest BCUT2D eigenvalue weighted by Crippen LogP contribution is 2.44. The molecule has 2 heterocycles. The van der Waals surface area contributed by atoms with E-state index in [2.05, 4.69) is 18.7 Å². The van der Waals surface area contributed by atoms with E-state index < -0.39 is 0 Å². The molecule has 0 atom stereocenters. The van der Waals surface area contributed by atoms with Crippen LogP contribution in [0.15, 0.2) is 0 Å². The Morgan fingerprint density at radius 2 is 2.28 bits per heavy atom. The largest absolute Gasteiger partial charge is 0.377 e. The third-order valence-corrected chi connectivity index (χ3v) is 4.86. The average Bonchev–Trinajstić information content (AvgIpc) is 3.09. The van der Waals surface area contributed by atoms with E-state index in [4.69, 9.17) is 15.5 Å². The molecule has 1 saturated heterocycles. The van der Waals surface area contributed by atoms with Crippen LogP contribution in [0.4, 0.5) is 5.13 Å². The predicted octanol–water partition coefficient (Wildman–Crippen LogP) is 2.09. The van der Waals surface area contributed by atoms with Gasteiger partial charge in [0.1, 0.15) is 0 Å². The first-order valence-electron chi connectivity index (χ1n) is 6.67. The summed E-state index contributed by atoms with van der Waals surface area (Å²) in [6.07, 6.45) is 2.56. The fraction of sp³-hybridized carbons (Fsp3) is 0.769. The summed E-state index contributed by atoms with van der Waals surface area (Å²) in [5.41, 5.74) is 7.15. The highest BCUT2D eigenvalue weighted by Gasteiger charge is 2.35. The monoisotopic (exact) mass is 267 g/mol. The number of rotatable bonds is 3. The molecule has 18 heavy (non-hydrogen) atoms. The van der Waals surface area contributed by atoms with Gasteiger partial charge < -0.3 is 15.4 Å². The molecule has 1 aromatic heterocycles. The van der Waals surface area contributed by atoms with Crippen LogP contribution in [0.3, 0.4) is 0 Å². The van der Waals surface area contributed by atoms with E-state index in [-0.39, 0.29) is 5.54 Å². The summed E-state index contributed by atoms with van der Waals surface area (Å²) in [4.78, 5) is 8.53. The van der Waals surface area contributed by atoms with E-state index in [1.807, 2.05) is 0 Å². The minimum absolute atomic E-state index is 0.0305. The van der Waals surface area contributed by atoms with Gasteiger partial charge in [0.25, 0.3) is 0 Å². The number of anilines is 1. The summed E-state index contributed by atoms with van der Waals surface area (Å²) < 4.78 is 5.57. The molecule has 1 aromatic rings. The number of ether oxygens (including phenoxy) is 1. The third-order valence-electron chi connectivity index (χ3n) is 3.74. The third kappa shape index (κ3) is 2.15. The van der Waals surface area contributed by atoms with Crippen molar-refractivity contribution in [2.75, 3.05) is 24.7 Å². The lowest BCUT2D eigenvalue weighted by molar-refractivity contribution is 0.0643. The maximum absolute atomic E-state index is 5.85. The second-order valence-electron chi connectivity index (χ2n) is 5.80. The van der Waals surface area contributed by atoms with Crippen LogP contribution in [0, 0.1) is 0 Å². The molecule has 2 aliphatic rings. The van der Waals surface area contributed by atoms with Crippen molar-refractivity contribution in [3.63, 3.8) is 0 Å². The van der Waals surface area contributed by atoms with Crippen molar-refractivity contribution in [3.05, 3.63) is 10.6 Å². The van der Waals surface area contributed by atoms with Gasteiger partial charge in [-0.1, -0.05) is 0 Å². The number of hydrogen-bond acceptors (Lipinski definition) is 5. The molecular weight excluding hydrogens is 246 g/mol. The Kier molecular flexibility index (Phi) is 3.08. The van der Waals surface area contributed by atoms with Gasteiger partial charge in [-0.25, -0.2) is 4.98 Å². The van der Waals surface area contributed by atoms with Gasteiger partial charge >= 0.3 is 0 Å². The van der Waals surface area contributed by atoms with Crippen molar-refractivity contribution < 1.29 is 4.74 Å². The summed E-state index contributed by atoms with van der Waals surface area (Å²) in [5.74, 6) is 0.678. The zero-order valence-corrected chi connectivity index (χ0v) is 11.9. The van der Waals surface area contributed by atoms with Crippen LogP contribution in [0.2, 0.25) is 0 Å². The summed E-state index contributed by atoms with van der Waals surface area (Å²) in [5, 5.41) is 1.13. The van der Waals surface area contributed by atoms with E-state index in [1.54, 1.807) is 11.3 Å². The number of nitrogens with two attached hydrogens (primary N) is 1. The standard InChI is InChI=1S/C13H21N3OS/c1-13(2)8-17-6-5-16(13)12-15-11(9-3-4-9)10(7-14)18-12/h9H,3-8,14H2,1-2H3. The Bertz CT molecular complexity index is 439. The molecule has 5 heteroatoms. The Hall–Kier alpha value is -0.650. The van der Waals surface area contributed by atoms with Crippen LogP contribution in [0.1, 0.15) is 43.2 Å². The number of hydrogen-bond donors (Lipinski definition) is 1. The second-order valence-corrected chi connectivity index (χ2v) is 6.86. The molecule has 3 rings (SSSR count). The van der Waals surface area contributed by atoms with Crippen LogP contribution in [0.5, 0.6) is 0 Å². The van der Waals surface area contributed by atoms with Gasteiger partial charge in [0, 0.05) is 23.9 Å². The van der Waals surface area contributed by atoms with E-state index in [0.29, 0.717) is 12.5 Å². The van der Waals surface area contributed by atoms with Crippen molar-refractivity contribution in [1.29, 1.82) is 0 Å². The molecule has 1 aliphatic heterocycles. The summed E-state index contributed by atoms with van der Waals surface area (Å²) in [6, 6.07) is 0. The van der Waals surface area contributed by atoms with Gasteiger partial charge in [0.2, 0.25) is 0 Å².